The van der Waals surface area contributed by atoms with Crippen LogP contribution in [0.4, 0.5) is 11.6 Å². The maximum Gasteiger partial charge on any atom is 0.320 e. The van der Waals surface area contributed by atoms with E-state index in [0.717, 1.165) is 30.5 Å². The van der Waals surface area contributed by atoms with Crippen LogP contribution >= 0.6 is 0 Å². The number of anilines is 2. The third kappa shape index (κ3) is 5.30. The summed E-state index contributed by atoms with van der Waals surface area (Å²) in [6.07, 6.45) is 4.78. The number of amides is 1. The maximum absolute atomic E-state index is 12.8. The molecule has 0 unspecified atom stereocenters. The summed E-state index contributed by atoms with van der Waals surface area (Å²) in [7, 11) is 0. The van der Waals surface area contributed by atoms with Crippen molar-refractivity contribution >= 4 is 17.5 Å². The predicted molar refractivity (Wildman–Crippen MR) is 138 cm³/mol. The second kappa shape index (κ2) is 10.4. The fraction of sp³-hybridized carbons (Fsp3) is 0.393. The molecule has 2 aliphatic rings. The van der Waals surface area contributed by atoms with Crippen LogP contribution in [0.3, 0.4) is 0 Å². The summed E-state index contributed by atoms with van der Waals surface area (Å²) < 4.78 is 5.65. The lowest BCUT2D eigenvalue weighted by Gasteiger charge is -2.18. The topological polar surface area (TPSA) is 84.6 Å². The lowest BCUT2D eigenvalue weighted by atomic mass is 10.0. The Balaban J connectivity index is 1.27. The Morgan fingerprint density at radius 3 is 2.17 bits per heavy atom. The van der Waals surface area contributed by atoms with Crippen molar-refractivity contribution in [3.63, 3.8) is 0 Å². The average molecular weight is 472 g/mol. The molecule has 0 bridgehead atoms. The number of nitrogens with two attached hydrogens (primary N) is 1. The molecule has 1 saturated heterocycles. The predicted octanol–water partition coefficient (Wildman–Crippen LogP) is 4.59. The van der Waals surface area contributed by atoms with Crippen molar-refractivity contribution in [2.45, 2.75) is 52.1 Å². The number of nitrogen functional groups attached to an aromatic ring is 1. The van der Waals surface area contributed by atoms with Gasteiger partial charge in [-0.1, -0.05) is 61.9 Å². The lowest BCUT2D eigenvalue weighted by molar-refractivity contribution is -0.117. The van der Waals surface area contributed by atoms with Gasteiger partial charge in [0.25, 0.3) is 0 Å². The minimum Gasteiger partial charge on any atom is -0.463 e. The summed E-state index contributed by atoms with van der Waals surface area (Å²) in [5.41, 5.74) is 11.6. The van der Waals surface area contributed by atoms with E-state index in [9.17, 15) is 4.79 Å². The Hall–Kier alpha value is -3.45. The molecular formula is C28H33N5O2. The molecule has 182 valence electrons. The SMILES string of the molecule is CCCCOc1nc(N)c2c(n1)N(Cc1ccc(-c3ccc(CN4CCCC4)cc3)cc1)C(=O)C2. The molecule has 35 heavy (non-hydrogen) atoms. The smallest absolute Gasteiger partial charge is 0.320 e. The highest BCUT2D eigenvalue weighted by Crippen LogP contribution is 2.33. The van der Waals surface area contributed by atoms with Crippen LogP contribution in [0.25, 0.3) is 11.1 Å². The molecule has 3 aromatic rings. The third-order valence-corrected chi connectivity index (χ3v) is 6.80. The summed E-state index contributed by atoms with van der Waals surface area (Å²) in [5, 5.41) is 0. The molecule has 7 nitrogen and oxygen atoms in total. The van der Waals surface area contributed by atoms with Gasteiger partial charge in [0.15, 0.2) is 0 Å². The molecule has 1 amide bonds. The number of ether oxygens (including phenoxy) is 1. The van der Waals surface area contributed by atoms with Gasteiger partial charge in [-0.2, -0.15) is 9.97 Å². The van der Waals surface area contributed by atoms with Crippen LogP contribution in [0.15, 0.2) is 48.5 Å². The zero-order valence-corrected chi connectivity index (χ0v) is 20.4. The van der Waals surface area contributed by atoms with Gasteiger partial charge in [-0.25, -0.2) is 0 Å². The van der Waals surface area contributed by atoms with E-state index in [0.29, 0.717) is 30.4 Å². The van der Waals surface area contributed by atoms with Crippen LogP contribution in [0, 0.1) is 0 Å². The molecule has 0 spiro atoms. The maximum atomic E-state index is 12.8. The van der Waals surface area contributed by atoms with Crippen molar-refractivity contribution < 1.29 is 9.53 Å². The first kappa shape index (κ1) is 23.3. The molecule has 2 aromatic carbocycles. The van der Waals surface area contributed by atoms with E-state index < -0.39 is 0 Å². The van der Waals surface area contributed by atoms with E-state index in [-0.39, 0.29) is 18.3 Å². The van der Waals surface area contributed by atoms with Crippen LogP contribution in [0.5, 0.6) is 6.01 Å². The minimum atomic E-state index is -0.0237. The molecule has 0 aliphatic carbocycles. The van der Waals surface area contributed by atoms with Crippen molar-refractivity contribution in [3.8, 4) is 17.1 Å². The summed E-state index contributed by atoms with van der Waals surface area (Å²) in [5.74, 6) is 0.858. The van der Waals surface area contributed by atoms with Gasteiger partial charge in [0.05, 0.1) is 19.6 Å². The molecule has 2 N–H and O–H groups in total. The van der Waals surface area contributed by atoms with Crippen molar-refractivity contribution in [2.75, 3.05) is 30.3 Å². The van der Waals surface area contributed by atoms with Gasteiger partial charge >= 0.3 is 6.01 Å². The van der Waals surface area contributed by atoms with E-state index in [1.54, 1.807) is 4.90 Å². The first-order valence-corrected chi connectivity index (χ1v) is 12.6. The molecule has 0 radical (unpaired) electrons. The van der Waals surface area contributed by atoms with E-state index in [4.69, 9.17) is 10.5 Å². The zero-order valence-electron chi connectivity index (χ0n) is 20.4. The first-order chi connectivity index (χ1) is 17.1. The van der Waals surface area contributed by atoms with Crippen molar-refractivity contribution in [1.29, 1.82) is 0 Å². The van der Waals surface area contributed by atoms with Crippen molar-refractivity contribution in [3.05, 3.63) is 65.2 Å². The first-order valence-electron chi connectivity index (χ1n) is 12.6. The molecule has 1 fully saturated rings. The fourth-order valence-electron chi connectivity index (χ4n) is 4.75. The fourth-order valence-corrected chi connectivity index (χ4v) is 4.75. The molecule has 3 heterocycles. The van der Waals surface area contributed by atoms with Gasteiger partial charge in [0.1, 0.15) is 11.6 Å². The van der Waals surface area contributed by atoms with E-state index in [1.165, 1.54) is 37.1 Å². The highest BCUT2D eigenvalue weighted by Gasteiger charge is 2.32. The highest BCUT2D eigenvalue weighted by molar-refractivity contribution is 6.01. The van der Waals surface area contributed by atoms with E-state index in [2.05, 4.69) is 70.3 Å². The average Bonchev–Trinajstić information content (AvgIpc) is 3.49. The molecular weight excluding hydrogens is 438 g/mol. The van der Waals surface area contributed by atoms with Gasteiger partial charge in [-0.15, -0.1) is 0 Å². The largest absolute Gasteiger partial charge is 0.463 e. The number of rotatable bonds is 9. The van der Waals surface area contributed by atoms with Crippen molar-refractivity contribution in [2.24, 2.45) is 0 Å². The van der Waals surface area contributed by atoms with Crippen LogP contribution in [0.2, 0.25) is 0 Å². The number of likely N-dealkylation sites (tertiary alicyclic amines) is 1. The summed E-state index contributed by atoms with van der Waals surface area (Å²) >= 11 is 0. The molecule has 5 rings (SSSR count). The van der Waals surface area contributed by atoms with Crippen molar-refractivity contribution in [1.82, 2.24) is 14.9 Å². The van der Waals surface area contributed by atoms with Crippen LogP contribution in [-0.2, 0) is 24.3 Å². The third-order valence-electron chi connectivity index (χ3n) is 6.80. The summed E-state index contributed by atoms with van der Waals surface area (Å²) in [6.45, 7) is 6.51. The molecule has 2 aliphatic heterocycles. The molecule has 7 heteroatoms. The van der Waals surface area contributed by atoms with Gasteiger partial charge < -0.3 is 10.5 Å². The lowest BCUT2D eigenvalue weighted by Crippen LogP contribution is -2.26. The quantitative estimate of drug-likeness (QED) is 0.460. The van der Waals surface area contributed by atoms with E-state index in [1.807, 2.05) is 0 Å². The number of hydrogen-bond donors (Lipinski definition) is 1. The Kier molecular flexibility index (Phi) is 6.95. The van der Waals surface area contributed by atoms with Crippen LogP contribution in [-0.4, -0.2) is 40.5 Å². The molecule has 0 saturated carbocycles. The van der Waals surface area contributed by atoms with Gasteiger partial charge in [0.2, 0.25) is 5.91 Å². The number of hydrogen-bond acceptors (Lipinski definition) is 6. The molecule has 1 aromatic heterocycles. The Morgan fingerprint density at radius 1 is 0.914 bits per heavy atom. The van der Waals surface area contributed by atoms with Crippen LogP contribution in [0.1, 0.15) is 49.3 Å². The standard InChI is InChI=1S/C28H33N5O2/c1-2-3-16-35-28-30-26(29)24-17-25(34)33(27(24)31-28)19-21-8-12-23(13-9-21)22-10-6-20(7-11-22)18-32-14-4-5-15-32/h6-13H,2-5,14-19H2,1H3,(H2,29,30,31). The summed E-state index contributed by atoms with van der Waals surface area (Å²) in [6, 6.07) is 17.4. The summed E-state index contributed by atoms with van der Waals surface area (Å²) in [4.78, 5) is 25.7. The Bertz CT molecular complexity index is 1170. The van der Waals surface area contributed by atoms with Gasteiger partial charge in [-0.3, -0.25) is 14.6 Å². The van der Waals surface area contributed by atoms with Gasteiger partial charge in [-0.05, 0) is 54.6 Å². The number of aromatic nitrogens is 2. The zero-order chi connectivity index (χ0) is 24.2. The minimum absolute atomic E-state index is 0.0237. The van der Waals surface area contributed by atoms with E-state index >= 15 is 0 Å². The van der Waals surface area contributed by atoms with Crippen LogP contribution < -0.4 is 15.4 Å². The number of carbonyl (C=O) groups excluding carboxylic acids is 1. The van der Waals surface area contributed by atoms with Gasteiger partial charge in [0, 0.05) is 12.1 Å². The number of unbranched alkanes of at least 4 members (excludes halogenated alkanes) is 1. The number of carbonyl (C=O) groups is 1. The Labute approximate surface area is 206 Å². The Morgan fingerprint density at radius 2 is 1.54 bits per heavy atom. The second-order valence-electron chi connectivity index (χ2n) is 9.43. The normalized spacial score (nSPS) is 15.6. The number of fused-ring (bicyclic) bond motifs is 1. The number of nitrogens with zero attached hydrogens (tertiary/aromatic N) is 4. The monoisotopic (exact) mass is 471 g/mol. The second-order valence-corrected chi connectivity index (χ2v) is 9.43. The molecule has 0 atom stereocenters. The number of benzene rings is 2. The highest BCUT2D eigenvalue weighted by atomic mass is 16.5.